The topological polar surface area (TPSA) is 21.3 Å². The van der Waals surface area contributed by atoms with Gasteiger partial charge in [-0.1, -0.05) is 59.6 Å². The molecule has 2 nitrogen and oxygen atoms in total. The van der Waals surface area contributed by atoms with Crippen LogP contribution in [-0.4, -0.2) is 6.61 Å². The van der Waals surface area contributed by atoms with E-state index in [2.05, 4.69) is 29.6 Å². The van der Waals surface area contributed by atoms with Crippen LogP contribution in [0.2, 0.25) is 10.0 Å². The summed E-state index contributed by atoms with van der Waals surface area (Å²) in [6.45, 7) is 3.08. The Morgan fingerprint density at radius 1 is 1.00 bits per heavy atom. The molecule has 3 aromatic rings. The maximum absolute atomic E-state index is 6.25. The molecule has 1 N–H and O–H groups in total. The highest BCUT2D eigenvalue weighted by Gasteiger charge is 2.11. The average molecular weight is 346 g/mol. The van der Waals surface area contributed by atoms with Crippen molar-refractivity contribution in [2.45, 2.75) is 13.5 Å². The maximum atomic E-state index is 6.25. The number of halogens is 2. The number of hydrogen-bond acceptors (Lipinski definition) is 2. The molecule has 118 valence electrons. The van der Waals surface area contributed by atoms with Crippen LogP contribution in [0.4, 0.5) is 5.69 Å². The Morgan fingerprint density at radius 2 is 1.78 bits per heavy atom. The molecule has 0 saturated carbocycles. The van der Waals surface area contributed by atoms with Crippen molar-refractivity contribution in [3.05, 3.63) is 70.2 Å². The third-order valence-corrected chi connectivity index (χ3v) is 4.13. The van der Waals surface area contributed by atoms with Gasteiger partial charge < -0.3 is 10.1 Å². The molecule has 0 aliphatic carbocycles. The number of fused-ring (bicyclic) bond motifs is 1. The van der Waals surface area contributed by atoms with Crippen LogP contribution in [0.5, 0.6) is 5.75 Å². The zero-order valence-electron chi connectivity index (χ0n) is 12.8. The largest absolute Gasteiger partial charge is 0.492 e. The van der Waals surface area contributed by atoms with Crippen molar-refractivity contribution in [3.8, 4) is 5.75 Å². The summed E-state index contributed by atoms with van der Waals surface area (Å²) in [6, 6.07) is 18.1. The standard InChI is InChI=1S/C19H17Cl2NO/c1-2-23-19-14(10-15(20)11-17(19)21)12-22-18-9-5-7-13-6-3-4-8-16(13)18/h3-11,22H,2,12H2,1H3. The van der Waals surface area contributed by atoms with E-state index < -0.39 is 0 Å². The lowest BCUT2D eigenvalue weighted by Crippen LogP contribution is -2.04. The minimum atomic E-state index is 0.536. The fraction of sp³-hybridized carbons (Fsp3) is 0.158. The lowest BCUT2D eigenvalue weighted by Gasteiger charge is -2.15. The molecule has 0 amide bonds. The fourth-order valence-electron chi connectivity index (χ4n) is 2.62. The van der Waals surface area contributed by atoms with Gasteiger partial charge in [-0.25, -0.2) is 0 Å². The monoisotopic (exact) mass is 345 g/mol. The van der Waals surface area contributed by atoms with Crippen molar-refractivity contribution in [1.82, 2.24) is 0 Å². The summed E-state index contributed by atoms with van der Waals surface area (Å²) in [5.74, 6) is 0.686. The summed E-state index contributed by atoms with van der Waals surface area (Å²) in [7, 11) is 0. The predicted octanol–water partition coefficient (Wildman–Crippen LogP) is 6.16. The molecule has 0 radical (unpaired) electrons. The van der Waals surface area contributed by atoms with Crippen molar-refractivity contribution in [1.29, 1.82) is 0 Å². The van der Waals surface area contributed by atoms with Crippen molar-refractivity contribution < 1.29 is 4.74 Å². The van der Waals surface area contributed by atoms with E-state index in [4.69, 9.17) is 27.9 Å². The zero-order chi connectivity index (χ0) is 16.2. The Labute approximate surface area is 146 Å². The second-order valence-electron chi connectivity index (χ2n) is 5.19. The second-order valence-corrected chi connectivity index (χ2v) is 6.03. The first-order chi connectivity index (χ1) is 11.2. The molecule has 0 atom stereocenters. The molecule has 0 saturated heterocycles. The van der Waals surface area contributed by atoms with Gasteiger partial charge in [0.05, 0.1) is 11.6 Å². The summed E-state index contributed by atoms with van der Waals surface area (Å²) in [4.78, 5) is 0. The highest BCUT2D eigenvalue weighted by atomic mass is 35.5. The summed E-state index contributed by atoms with van der Waals surface area (Å²) in [6.07, 6.45) is 0. The van der Waals surface area contributed by atoms with Gasteiger partial charge >= 0.3 is 0 Å². The van der Waals surface area contributed by atoms with E-state index in [0.717, 1.165) is 11.3 Å². The van der Waals surface area contributed by atoms with Gasteiger partial charge in [0.2, 0.25) is 0 Å². The first-order valence-electron chi connectivity index (χ1n) is 7.51. The molecule has 0 aliphatic rings. The lowest BCUT2D eigenvalue weighted by molar-refractivity contribution is 0.337. The van der Waals surface area contributed by atoms with E-state index in [1.807, 2.05) is 31.2 Å². The number of nitrogens with one attached hydrogen (secondary N) is 1. The number of rotatable bonds is 5. The van der Waals surface area contributed by atoms with Gasteiger partial charge in [0.25, 0.3) is 0 Å². The third-order valence-electron chi connectivity index (χ3n) is 3.63. The molecule has 0 aliphatic heterocycles. The highest BCUT2D eigenvalue weighted by molar-refractivity contribution is 6.35. The van der Waals surface area contributed by atoms with E-state index in [0.29, 0.717) is 28.9 Å². The lowest BCUT2D eigenvalue weighted by atomic mass is 10.1. The Morgan fingerprint density at radius 3 is 2.61 bits per heavy atom. The van der Waals surface area contributed by atoms with Gasteiger partial charge in [-0.2, -0.15) is 0 Å². The van der Waals surface area contributed by atoms with Crippen LogP contribution < -0.4 is 10.1 Å². The third kappa shape index (κ3) is 3.54. The van der Waals surface area contributed by atoms with Gasteiger partial charge in [-0.05, 0) is 30.5 Å². The summed E-state index contributed by atoms with van der Waals surface area (Å²) in [5.41, 5.74) is 2.01. The quantitative estimate of drug-likeness (QED) is 0.598. The van der Waals surface area contributed by atoms with Gasteiger partial charge in [0.1, 0.15) is 5.75 Å². The molecule has 3 rings (SSSR count). The highest BCUT2D eigenvalue weighted by Crippen LogP contribution is 2.33. The number of anilines is 1. The van der Waals surface area contributed by atoms with Crippen molar-refractivity contribution >= 4 is 39.7 Å². The summed E-state index contributed by atoms with van der Waals surface area (Å²) in [5, 5.41) is 6.98. The van der Waals surface area contributed by atoms with Crippen LogP contribution >= 0.6 is 23.2 Å². The van der Waals surface area contributed by atoms with E-state index in [1.165, 1.54) is 10.8 Å². The SMILES string of the molecule is CCOc1c(Cl)cc(Cl)cc1CNc1cccc2ccccc12. The van der Waals surface area contributed by atoms with Gasteiger partial charge in [-0.3, -0.25) is 0 Å². The average Bonchev–Trinajstić information content (AvgIpc) is 2.55. The predicted molar refractivity (Wildman–Crippen MR) is 98.9 cm³/mol. The normalized spacial score (nSPS) is 10.7. The van der Waals surface area contributed by atoms with Crippen LogP contribution in [0.25, 0.3) is 10.8 Å². The minimum Gasteiger partial charge on any atom is -0.492 e. The van der Waals surface area contributed by atoms with Crippen LogP contribution in [0.3, 0.4) is 0 Å². The number of benzene rings is 3. The van der Waals surface area contributed by atoms with Crippen molar-refractivity contribution in [2.75, 3.05) is 11.9 Å². The molecule has 4 heteroatoms. The number of hydrogen-bond donors (Lipinski definition) is 1. The zero-order valence-corrected chi connectivity index (χ0v) is 14.3. The first kappa shape index (κ1) is 16.0. The molecule has 0 aromatic heterocycles. The molecule has 3 aromatic carbocycles. The van der Waals surface area contributed by atoms with E-state index >= 15 is 0 Å². The summed E-state index contributed by atoms with van der Waals surface area (Å²) >= 11 is 12.4. The Balaban J connectivity index is 1.91. The second kappa shape index (κ2) is 7.12. The van der Waals surface area contributed by atoms with Crippen LogP contribution in [0, 0.1) is 0 Å². The molecule has 0 unspecified atom stereocenters. The van der Waals surface area contributed by atoms with Crippen LogP contribution in [0.15, 0.2) is 54.6 Å². The van der Waals surface area contributed by atoms with Crippen LogP contribution in [-0.2, 0) is 6.54 Å². The van der Waals surface area contributed by atoms with Gasteiger partial charge in [0, 0.05) is 28.2 Å². The number of ether oxygens (including phenoxy) is 1. The molecule has 0 bridgehead atoms. The van der Waals surface area contributed by atoms with Gasteiger partial charge in [-0.15, -0.1) is 0 Å². The Bertz CT molecular complexity index is 827. The molecular formula is C19H17Cl2NO. The van der Waals surface area contributed by atoms with E-state index in [9.17, 15) is 0 Å². The fourth-order valence-corrected chi connectivity index (χ4v) is 3.21. The summed E-state index contributed by atoms with van der Waals surface area (Å²) < 4.78 is 5.67. The Kier molecular flexibility index (Phi) is 4.94. The van der Waals surface area contributed by atoms with Crippen molar-refractivity contribution in [3.63, 3.8) is 0 Å². The van der Waals surface area contributed by atoms with E-state index in [-0.39, 0.29) is 0 Å². The molecule has 0 spiro atoms. The smallest absolute Gasteiger partial charge is 0.142 e. The molecule has 0 fully saturated rings. The molecule has 23 heavy (non-hydrogen) atoms. The minimum absolute atomic E-state index is 0.536. The van der Waals surface area contributed by atoms with Crippen LogP contribution in [0.1, 0.15) is 12.5 Å². The molecular weight excluding hydrogens is 329 g/mol. The molecule has 0 heterocycles. The first-order valence-corrected chi connectivity index (χ1v) is 8.27. The van der Waals surface area contributed by atoms with Crippen molar-refractivity contribution in [2.24, 2.45) is 0 Å². The van der Waals surface area contributed by atoms with E-state index in [1.54, 1.807) is 6.07 Å². The maximum Gasteiger partial charge on any atom is 0.142 e. The Hall–Kier alpha value is -1.90. The van der Waals surface area contributed by atoms with Gasteiger partial charge in [0.15, 0.2) is 0 Å².